The minimum Gasteiger partial charge on any atom is -0.444 e. The lowest BCUT2D eigenvalue weighted by Crippen LogP contribution is -2.48. The second-order valence-corrected chi connectivity index (χ2v) is 7.24. The molecule has 0 fully saturated rings. The van der Waals surface area contributed by atoms with Gasteiger partial charge in [0.15, 0.2) is 5.96 Å². The highest BCUT2D eigenvalue weighted by atomic mass is 127. The Hall–Kier alpha value is -1.52. The molecule has 1 atom stereocenters. The number of amides is 1. The van der Waals surface area contributed by atoms with E-state index in [0.29, 0.717) is 19.0 Å². The second kappa shape index (κ2) is 12.8. The van der Waals surface area contributed by atoms with Crippen molar-refractivity contribution in [2.45, 2.75) is 65.1 Å². The van der Waals surface area contributed by atoms with Crippen LogP contribution in [0.1, 0.15) is 52.7 Å². The first kappa shape index (κ1) is 25.5. The predicted molar refractivity (Wildman–Crippen MR) is 120 cm³/mol. The lowest BCUT2D eigenvalue weighted by Gasteiger charge is -2.24. The van der Waals surface area contributed by atoms with Crippen molar-refractivity contribution in [3.8, 4) is 0 Å². The number of nitrogens with zero attached hydrogens (tertiary/aromatic N) is 3. The van der Waals surface area contributed by atoms with Crippen LogP contribution < -0.4 is 16.0 Å². The van der Waals surface area contributed by atoms with E-state index in [-0.39, 0.29) is 30.0 Å². The Balaban J connectivity index is 0.00000676. The van der Waals surface area contributed by atoms with Gasteiger partial charge in [-0.1, -0.05) is 19.8 Å². The molecule has 0 saturated carbocycles. The molecule has 0 radical (unpaired) electrons. The van der Waals surface area contributed by atoms with Crippen molar-refractivity contribution < 1.29 is 9.53 Å². The van der Waals surface area contributed by atoms with E-state index in [1.807, 2.05) is 38.6 Å². The number of carbonyl (C=O) groups excluding carboxylic acids is 1. The molecule has 1 rings (SSSR count). The van der Waals surface area contributed by atoms with E-state index in [4.69, 9.17) is 4.74 Å². The molecular weight excluding hydrogens is 459 g/mol. The molecule has 1 amide bonds. The zero-order chi connectivity index (χ0) is 19.6. The van der Waals surface area contributed by atoms with Crippen LogP contribution in [0, 0.1) is 0 Å². The topological polar surface area (TPSA) is 92.6 Å². The summed E-state index contributed by atoms with van der Waals surface area (Å²) in [7, 11) is 3.64. The highest BCUT2D eigenvalue weighted by Gasteiger charge is 2.18. The summed E-state index contributed by atoms with van der Waals surface area (Å²) in [5.74, 6) is 0.693. The summed E-state index contributed by atoms with van der Waals surface area (Å²) in [6, 6.07) is 2.03. The van der Waals surface area contributed by atoms with Crippen molar-refractivity contribution in [3.05, 3.63) is 18.0 Å². The zero-order valence-corrected chi connectivity index (χ0v) is 19.7. The van der Waals surface area contributed by atoms with E-state index in [2.05, 4.69) is 33.0 Å². The first-order valence-corrected chi connectivity index (χ1v) is 9.16. The molecule has 0 aliphatic carbocycles. The number of carbonyl (C=O) groups is 1. The quantitative estimate of drug-likeness (QED) is 0.294. The van der Waals surface area contributed by atoms with Crippen LogP contribution >= 0.6 is 24.0 Å². The molecule has 1 aromatic rings. The minimum absolute atomic E-state index is 0. The van der Waals surface area contributed by atoms with Gasteiger partial charge in [-0.15, -0.1) is 24.0 Å². The van der Waals surface area contributed by atoms with Gasteiger partial charge in [-0.2, -0.15) is 5.10 Å². The highest BCUT2D eigenvalue weighted by Crippen LogP contribution is 2.07. The summed E-state index contributed by atoms with van der Waals surface area (Å²) in [5.41, 5.74) is 0.557. The minimum atomic E-state index is -0.503. The van der Waals surface area contributed by atoms with Crippen LogP contribution in [-0.4, -0.2) is 47.1 Å². The van der Waals surface area contributed by atoms with Crippen molar-refractivity contribution in [3.63, 3.8) is 0 Å². The summed E-state index contributed by atoms with van der Waals surface area (Å²) in [4.78, 5) is 16.2. The molecule has 0 aliphatic heterocycles. The zero-order valence-electron chi connectivity index (χ0n) is 17.3. The fourth-order valence-corrected chi connectivity index (χ4v) is 2.33. The number of halogens is 1. The number of aromatic nitrogens is 2. The van der Waals surface area contributed by atoms with Gasteiger partial charge in [-0.05, 0) is 33.3 Å². The molecule has 0 aliphatic rings. The second-order valence-electron chi connectivity index (χ2n) is 7.24. The van der Waals surface area contributed by atoms with Gasteiger partial charge in [0.2, 0.25) is 0 Å². The first-order valence-electron chi connectivity index (χ1n) is 9.16. The van der Waals surface area contributed by atoms with E-state index < -0.39 is 11.7 Å². The van der Waals surface area contributed by atoms with E-state index in [9.17, 15) is 4.79 Å². The summed E-state index contributed by atoms with van der Waals surface area (Å²) in [6.45, 7) is 8.79. The first-order chi connectivity index (χ1) is 12.2. The van der Waals surface area contributed by atoms with Crippen LogP contribution in [-0.2, 0) is 18.3 Å². The van der Waals surface area contributed by atoms with Gasteiger partial charge in [0.1, 0.15) is 5.60 Å². The Morgan fingerprint density at radius 2 is 2.07 bits per heavy atom. The Kier molecular flexibility index (Phi) is 12.1. The maximum atomic E-state index is 11.9. The molecule has 3 N–H and O–H groups in total. The number of unbranched alkanes of at least 4 members (excludes halogenated alkanes) is 1. The maximum Gasteiger partial charge on any atom is 0.407 e. The van der Waals surface area contributed by atoms with Crippen LogP contribution in [0.15, 0.2) is 17.3 Å². The number of alkyl carbamates (subject to hydrolysis) is 1. The van der Waals surface area contributed by atoms with Gasteiger partial charge in [0.05, 0.1) is 12.2 Å². The van der Waals surface area contributed by atoms with Crippen LogP contribution in [0.5, 0.6) is 0 Å². The monoisotopic (exact) mass is 494 g/mol. The number of hydrogen-bond acceptors (Lipinski definition) is 4. The molecule has 1 heterocycles. The van der Waals surface area contributed by atoms with Crippen LogP contribution in [0.25, 0.3) is 0 Å². The molecule has 0 aromatic carbocycles. The Labute approximate surface area is 179 Å². The largest absolute Gasteiger partial charge is 0.444 e. The van der Waals surface area contributed by atoms with Crippen molar-refractivity contribution in [1.29, 1.82) is 0 Å². The van der Waals surface area contributed by atoms with Gasteiger partial charge < -0.3 is 20.7 Å². The summed E-state index contributed by atoms with van der Waals surface area (Å²) < 4.78 is 7.12. The molecule has 8 nitrogen and oxygen atoms in total. The van der Waals surface area contributed by atoms with Crippen molar-refractivity contribution >= 4 is 36.0 Å². The van der Waals surface area contributed by atoms with E-state index in [1.165, 1.54) is 0 Å². The van der Waals surface area contributed by atoms with Gasteiger partial charge in [-0.25, -0.2) is 4.79 Å². The number of aryl methyl sites for hydroxylation is 1. The Bertz CT molecular complexity index is 583. The van der Waals surface area contributed by atoms with Crippen molar-refractivity contribution in [2.24, 2.45) is 12.0 Å². The highest BCUT2D eigenvalue weighted by molar-refractivity contribution is 14.0. The third kappa shape index (κ3) is 11.0. The predicted octanol–water partition coefficient (Wildman–Crippen LogP) is 2.79. The Morgan fingerprint density at radius 1 is 1.37 bits per heavy atom. The molecule has 0 spiro atoms. The van der Waals surface area contributed by atoms with Gasteiger partial charge in [0.25, 0.3) is 0 Å². The fraction of sp³-hybridized carbons (Fsp3) is 0.722. The number of rotatable bonds is 8. The van der Waals surface area contributed by atoms with Crippen molar-refractivity contribution in [1.82, 2.24) is 25.7 Å². The smallest absolute Gasteiger partial charge is 0.407 e. The fourth-order valence-electron chi connectivity index (χ4n) is 2.33. The van der Waals surface area contributed by atoms with Gasteiger partial charge in [-0.3, -0.25) is 9.67 Å². The number of hydrogen-bond donors (Lipinski definition) is 3. The third-order valence-electron chi connectivity index (χ3n) is 3.72. The molecule has 1 aromatic heterocycles. The molecule has 0 bridgehead atoms. The molecule has 27 heavy (non-hydrogen) atoms. The molecular formula is C18H35IN6O2. The number of aliphatic imine (C=N–C) groups is 1. The molecule has 0 saturated heterocycles. The van der Waals surface area contributed by atoms with Crippen molar-refractivity contribution in [2.75, 3.05) is 13.6 Å². The van der Waals surface area contributed by atoms with E-state index in [1.54, 1.807) is 13.2 Å². The SMILES string of the molecule is CCCCC(CNC(=O)OC(C)(C)C)NC(=NC)NCc1ccnn1C.I. The average molecular weight is 494 g/mol. The lowest BCUT2D eigenvalue weighted by atomic mass is 10.1. The van der Waals surface area contributed by atoms with Gasteiger partial charge >= 0.3 is 6.09 Å². The summed E-state index contributed by atoms with van der Waals surface area (Å²) in [6.07, 6.45) is 4.44. The van der Waals surface area contributed by atoms with Gasteiger partial charge in [0, 0.05) is 32.9 Å². The van der Waals surface area contributed by atoms with Crippen LogP contribution in [0.2, 0.25) is 0 Å². The van der Waals surface area contributed by atoms with Crippen LogP contribution in [0.3, 0.4) is 0 Å². The maximum absolute atomic E-state index is 11.9. The molecule has 1 unspecified atom stereocenters. The molecule has 156 valence electrons. The van der Waals surface area contributed by atoms with Crippen LogP contribution in [0.4, 0.5) is 4.79 Å². The summed E-state index contributed by atoms with van der Waals surface area (Å²) >= 11 is 0. The lowest BCUT2D eigenvalue weighted by molar-refractivity contribution is 0.0523. The summed E-state index contributed by atoms with van der Waals surface area (Å²) in [5, 5.41) is 13.6. The molecule has 9 heteroatoms. The normalized spacial score (nSPS) is 12.7. The number of ether oxygens (including phenoxy) is 1. The third-order valence-corrected chi connectivity index (χ3v) is 3.72. The number of guanidine groups is 1. The average Bonchev–Trinajstić information content (AvgIpc) is 2.96. The standard InChI is InChI=1S/C18H34N6O2.HI/c1-7-8-9-14(12-21-17(25)26-18(2,3)4)23-16(19-5)20-13-15-10-11-22-24(15)6;/h10-11,14H,7-9,12-13H2,1-6H3,(H,21,25)(H2,19,20,23);1H. The number of nitrogens with one attached hydrogen (secondary N) is 3. The van der Waals surface area contributed by atoms with E-state index >= 15 is 0 Å². The van der Waals surface area contributed by atoms with E-state index in [0.717, 1.165) is 25.0 Å². The Morgan fingerprint density at radius 3 is 2.59 bits per heavy atom.